The second-order valence-electron chi connectivity index (χ2n) is 16.6. The minimum atomic E-state index is -1.94. The van der Waals surface area contributed by atoms with Gasteiger partial charge in [0.05, 0.1) is 28.3 Å². The Kier molecular flexibility index (Phi) is 15.8. The number of aromatic carboxylic acids is 1. The number of carboxylic acids is 1. The maximum atomic E-state index is 12.5. The summed E-state index contributed by atoms with van der Waals surface area (Å²) in [5, 5.41) is 15.1. The number of hydrogen-bond acceptors (Lipinski definition) is 7. The van der Waals surface area contributed by atoms with E-state index in [9.17, 15) is 19.2 Å². The Bertz CT molecular complexity index is 2090. The van der Waals surface area contributed by atoms with Crippen LogP contribution in [0.2, 0.25) is 46.3 Å². The van der Waals surface area contributed by atoms with Crippen molar-refractivity contribution in [2.45, 2.75) is 90.9 Å². The first-order chi connectivity index (χ1) is 26.3. The van der Waals surface area contributed by atoms with Crippen LogP contribution in [0.4, 0.5) is 0 Å². The molecule has 0 spiro atoms. The average Bonchev–Trinajstić information content (AvgIpc) is 3.11. The van der Waals surface area contributed by atoms with Crippen LogP contribution in [0.25, 0.3) is 0 Å². The Morgan fingerprint density at radius 1 is 0.614 bits per heavy atom. The molecule has 0 aliphatic heterocycles. The van der Waals surface area contributed by atoms with E-state index in [1.54, 1.807) is 6.07 Å². The van der Waals surface area contributed by atoms with E-state index in [0.29, 0.717) is 24.2 Å². The number of benzene rings is 4. The molecule has 57 heavy (non-hydrogen) atoms. The Morgan fingerprint density at radius 2 is 1.00 bits per heavy atom. The largest absolute Gasteiger partial charge is 0.543 e. The summed E-state index contributed by atoms with van der Waals surface area (Å²) in [6.07, 6.45) is 0. The molecule has 0 saturated heterocycles. The summed E-state index contributed by atoms with van der Waals surface area (Å²) in [6, 6.07) is 24.1. The molecule has 4 aromatic rings. The molecule has 0 fully saturated rings. The SMILES string of the molecule is CC(C)(C)[Si](C)(C)Oc1cccc(CNC(=O)c2ccc(C(=O)O)c(Cl)c2)c1.COC(=O)c1ccc(C(=O)NCc2cccc(O[Si](C)(C)C(C)(C)C)c2)cc1Cl. The topological polar surface area (TPSA) is 140 Å². The third-order valence-electron chi connectivity index (χ3n) is 10.2. The van der Waals surface area contributed by atoms with Gasteiger partial charge in [-0.2, -0.15) is 0 Å². The molecule has 0 aromatic heterocycles. The van der Waals surface area contributed by atoms with Gasteiger partial charge in [0.25, 0.3) is 11.8 Å². The summed E-state index contributed by atoms with van der Waals surface area (Å²) in [6.45, 7) is 22.6. The minimum Gasteiger partial charge on any atom is -0.543 e. The van der Waals surface area contributed by atoms with Crippen LogP contribution in [0.3, 0.4) is 0 Å². The van der Waals surface area contributed by atoms with Crippen LogP contribution in [-0.2, 0) is 17.8 Å². The highest BCUT2D eigenvalue weighted by molar-refractivity contribution is 6.75. The summed E-state index contributed by atoms with van der Waals surface area (Å²) in [7, 11) is -2.59. The highest BCUT2D eigenvalue weighted by Gasteiger charge is 2.40. The normalized spacial score (nSPS) is 11.7. The van der Waals surface area contributed by atoms with E-state index in [0.717, 1.165) is 22.6 Å². The van der Waals surface area contributed by atoms with Crippen molar-refractivity contribution in [1.29, 1.82) is 0 Å². The fraction of sp³-hybridized carbons (Fsp3) is 0.349. The number of rotatable bonds is 12. The maximum absolute atomic E-state index is 12.5. The fourth-order valence-corrected chi connectivity index (χ4v) is 7.23. The first kappa shape index (κ1) is 46.8. The van der Waals surface area contributed by atoms with Gasteiger partial charge in [-0.1, -0.05) is 89.0 Å². The molecule has 0 aliphatic rings. The van der Waals surface area contributed by atoms with Crippen LogP contribution in [0.5, 0.6) is 11.5 Å². The number of halogens is 2. The van der Waals surface area contributed by atoms with Gasteiger partial charge in [0.15, 0.2) is 0 Å². The number of carbonyl (C=O) groups is 4. The molecule has 0 unspecified atom stereocenters. The lowest BCUT2D eigenvalue weighted by Gasteiger charge is -2.36. The van der Waals surface area contributed by atoms with Gasteiger partial charge >= 0.3 is 11.9 Å². The third kappa shape index (κ3) is 13.2. The monoisotopic (exact) mass is 852 g/mol. The van der Waals surface area contributed by atoms with Gasteiger partial charge in [-0.25, -0.2) is 9.59 Å². The molecule has 4 rings (SSSR count). The van der Waals surface area contributed by atoms with E-state index in [4.69, 9.17) is 37.2 Å². The van der Waals surface area contributed by atoms with Crippen molar-refractivity contribution in [2.75, 3.05) is 7.11 Å². The van der Waals surface area contributed by atoms with Crippen molar-refractivity contribution in [1.82, 2.24) is 10.6 Å². The summed E-state index contributed by atoms with van der Waals surface area (Å²) in [5.41, 5.74) is 2.72. The van der Waals surface area contributed by atoms with Gasteiger partial charge in [0.2, 0.25) is 16.6 Å². The second kappa shape index (κ2) is 19.2. The quantitative estimate of drug-likeness (QED) is 0.0945. The number of hydrogen-bond donors (Lipinski definition) is 3. The molecule has 306 valence electrons. The van der Waals surface area contributed by atoms with E-state index in [1.165, 1.54) is 37.4 Å². The standard InChI is InChI=1S/C22H28ClNO4Si.C21H26ClNO4Si/c1-22(2,3)29(5,6)28-17-9-7-8-15(12-17)14-24-20(25)16-10-11-18(19(23)13-16)21(26)27-4;1-21(2,3)28(4,5)27-16-8-6-7-14(11-16)13-23-19(24)15-9-10-17(20(25)26)18(22)12-15/h7-13H,14H2,1-6H3,(H,24,25);6-12H,13H2,1-5H3,(H,23,24)(H,25,26). The zero-order valence-corrected chi connectivity index (χ0v) is 38.1. The zero-order valence-electron chi connectivity index (χ0n) is 34.6. The van der Waals surface area contributed by atoms with E-state index >= 15 is 0 Å². The van der Waals surface area contributed by atoms with E-state index in [1.807, 2.05) is 48.5 Å². The summed E-state index contributed by atoms with van der Waals surface area (Å²) >= 11 is 12.0. The molecule has 3 N–H and O–H groups in total. The Morgan fingerprint density at radius 3 is 1.33 bits per heavy atom. The molecule has 0 aliphatic carbocycles. The Hall–Kier alpha value is -4.63. The number of methoxy groups -OCH3 is 1. The van der Waals surface area contributed by atoms with Gasteiger partial charge in [-0.15, -0.1) is 0 Å². The van der Waals surface area contributed by atoms with Gasteiger partial charge in [0.1, 0.15) is 11.5 Å². The van der Waals surface area contributed by atoms with Gasteiger partial charge in [-0.3, -0.25) is 9.59 Å². The van der Waals surface area contributed by atoms with Crippen LogP contribution in [-0.4, -0.2) is 52.6 Å². The molecule has 0 bridgehead atoms. The van der Waals surface area contributed by atoms with Crippen LogP contribution < -0.4 is 19.5 Å². The number of carbonyl (C=O) groups excluding carboxylic acids is 3. The highest BCUT2D eigenvalue weighted by Crippen LogP contribution is 2.38. The van der Waals surface area contributed by atoms with Crippen molar-refractivity contribution >= 4 is 63.6 Å². The van der Waals surface area contributed by atoms with Crippen molar-refractivity contribution in [3.8, 4) is 11.5 Å². The molecule has 0 atom stereocenters. The molecule has 10 nitrogen and oxygen atoms in total. The second-order valence-corrected chi connectivity index (χ2v) is 26.8. The number of amides is 2. The number of ether oxygens (including phenoxy) is 1. The van der Waals surface area contributed by atoms with Crippen LogP contribution in [0.1, 0.15) is 94.1 Å². The highest BCUT2D eigenvalue weighted by atomic mass is 35.5. The number of carboxylic acid groups (broad SMARTS) is 1. The minimum absolute atomic E-state index is 0.0323. The van der Waals surface area contributed by atoms with E-state index < -0.39 is 28.6 Å². The molecule has 0 radical (unpaired) electrons. The smallest absolute Gasteiger partial charge is 0.339 e. The van der Waals surface area contributed by atoms with Gasteiger partial charge in [0, 0.05) is 24.2 Å². The van der Waals surface area contributed by atoms with Crippen LogP contribution in [0, 0.1) is 0 Å². The Labute approximate surface area is 348 Å². The van der Waals surface area contributed by atoms with Crippen molar-refractivity contribution < 1.29 is 37.9 Å². The first-order valence-electron chi connectivity index (χ1n) is 18.4. The molecule has 2 amide bonds. The maximum Gasteiger partial charge on any atom is 0.339 e. The van der Waals surface area contributed by atoms with Crippen molar-refractivity contribution in [3.05, 3.63) is 128 Å². The van der Waals surface area contributed by atoms with Crippen molar-refractivity contribution in [3.63, 3.8) is 0 Å². The van der Waals surface area contributed by atoms with Crippen LogP contribution >= 0.6 is 23.2 Å². The molecular weight excluding hydrogens is 800 g/mol. The van der Waals surface area contributed by atoms with E-state index in [-0.39, 0.29) is 43.1 Å². The third-order valence-corrected chi connectivity index (χ3v) is 19.5. The van der Waals surface area contributed by atoms with Crippen LogP contribution in [0.15, 0.2) is 84.9 Å². The molecular formula is C43H54Cl2N2O8Si2. The number of nitrogens with one attached hydrogen (secondary N) is 2. The predicted molar refractivity (Wildman–Crippen MR) is 232 cm³/mol. The molecule has 0 saturated carbocycles. The fourth-order valence-electron chi connectivity index (χ4n) is 4.66. The predicted octanol–water partition coefficient (Wildman–Crippen LogP) is 10.8. The molecule has 4 aromatic carbocycles. The average molecular weight is 854 g/mol. The van der Waals surface area contributed by atoms with Gasteiger partial charge < -0.3 is 29.3 Å². The van der Waals surface area contributed by atoms with Gasteiger partial charge in [-0.05, 0) is 108 Å². The first-order valence-corrected chi connectivity index (χ1v) is 25.0. The van der Waals surface area contributed by atoms with Crippen molar-refractivity contribution in [2.24, 2.45) is 0 Å². The summed E-state index contributed by atoms with van der Waals surface area (Å²) in [4.78, 5) is 47.4. The summed E-state index contributed by atoms with van der Waals surface area (Å²) < 4.78 is 17.3. The number of esters is 1. The van der Waals surface area contributed by atoms with E-state index in [2.05, 4.69) is 83.1 Å². The Balaban J connectivity index is 0.000000306. The lowest BCUT2D eigenvalue weighted by Crippen LogP contribution is -2.43. The lowest BCUT2D eigenvalue weighted by molar-refractivity contribution is 0.0599. The zero-order chi connectivity index (χ0) is 42.9. The lowest BCUT2D eigenvalue weighted by atomic mass is 10.1. The molecule has 0 heterocycles. The molecule has 14 heteroatoms. The summed E-state index contributed by atoms with van der Waals surface area (Å²) in [5.74, 6) is -0.661.